The van der Waals surface area contributed by atoms with Crippen LogP contribution in [0.4, 0.5) is 13.2 Å². The zero-order valence-corrected chi connectivity index (χ0v) is 10.5. The molecule has 0 bridgehead atoms. The van der Waals surface area contributed by atoms with Gasteiger partial charge in [0.15, 0.2) is 0 Å². The second kappa shape index (κ2) is 5.76. The summed E-state index contributed by atoms with van der Waals surface area (Å²) in [6.07, 6.45) is -4.66. The smallest absolute Gasteiger partial charge is 0.405 e. The predicted octanol–water partition coefficient (Wildman–Crippen LogP) is 5.07. The van der Waals surface area contributed by atoms with Gasteiger partial charge in [0.1, 0.15) is 5.75 Å². The quantitative estimate of drug-likeness (QED) is 0.691. The molecule has 0 atom stereocenters. The molecule has 0 heterocycles. The van der Waals surface area contributed by atoms with Gasteiger partial charge in [-0.15, -0.1) is 13.2 Å². The van der Waals surface area contributed by atoms with Crippen LogP contribution in [0.25, 0.3) is 10.8 Å². The molecule has 0 aliphatic carbocycles. The van der Waals surface area contributed by atoms with E-state index < -0.39 is 6.36 Å². The van der Waals surface area contributed by atoms with Crippen molar-refractivity contribution >= 4 is 10.8 Å². The summed E-state index contributed by atoms with van der Waals surface area (Å²) in [7, 11) is 0. The van der Waals surface area contributed by atoms with Gasteiger partial charge in [0.05, 0.1) is 0 Å². The number of hydrogen-bond donors (Lipinski definition) is 0. The van der Waals surface area contributed by atoms with E-state index in [-0.39, 0.29) is 5.75 Å². The van der Waals surface area contributed by atoms with Gasteiger partial charge < -0.3 is 4.74 Å². The molecule has 0 aromatic heterocycles. The fourth-order valence-electron chi connectivity index (χ4n) is 1.70. The third-order valence-electron chi connectivity index (χ3n) is 2.30. The minimum atomic E-state index is -4.66. The number of fused-ring (bicyclic) bond motifs is 1. The Hall–Kier alpha value is -1.71. The summed E-state index contributed by atoms with van der Waals surface area (Å²) in [4.78, 5) is 0. The van der Waals surface area contributed by atoms with Crippen molar-refractivity contribution in [2.45, 2.75) is 27.1 Å². The Morgan fingerprint density at radius 3 is 2.06 bits per heavy atom. The normalized spacial score (nSPS) is 10.8. The third-order valence-corrected chi connectivity index (χ3v) is 2.30. The standard InChI is InChI=1S/C12H9F3O.C2H6/c1-8-4-2-5-9-6-3-7-10(11(8)9)16-12(13,14)15;1-2/h2-7H,1H3;1-2H3. The monoisotopic (exact) mass is 256 g/mol. The minimum Gasteiger partial charge on any atom is -0.405 e. The van der Waals surface area contributed by atoms with Gasteiger partial charge in [0.2, 0.25) is 0 Å². The van der Waals surface area contributed by atoms with Crippen LogP contribution in [0.1, 0.15) is 19.4 Å². The van der Waals surface area contributed by atoms with E-state index in [4.69, 9.17) is 0 Å². The van der Waals surface area contributed by atoms with E-state index in [1.54, 1.807) is 37.3 Å². The first kappa shape index (κ1) is 14.4. The van der Waals surface area contributed by atoms with Crippen molar-refractivity contribution in [1.82, 2.24) is 0 Å². The van der Waals surface area contributed by atoms with Gasteiger partial charge >= 0.3 is 6.36 Å². The lowest BCUT2D eigenvalue weighted by Crippen LogP contribution is -2.17. The van der Waals surface area contributed by atoms with Crippen molar-refractivity contribution in [2.75, 3.05) is 0 Å². The number of halogens is 3. The fourth-order valence-corrected chi connectivity index (χ4v) is 1.70. The summed E-state index contributed by atoms with van der Waals surface area (Å²) < 4.78 is 40.5. The Bertz CT molecular complexity index is 513. The topological polar surface area (TPSA) is 9.23 Å². The van der Waals surface area contributed by atoms with E-state index >= 15 is 0 Å². The van der Waals surface area contributed by atoms with Crippen molar-refractivity contribution in [3.8, 4) is 5.75 Å². The molecule has 0 saturated carbocycles. The molecule has 0 unspecified atom stereocenters. The Morgan fingerprint density at radius 2 is 1.50 bits per heavy atom. The van der Waals surface area contributed by atoms with Crippen LogP contribution in [0.5, 0.6) is 5.75 Å². The van der Waals surface area contributed by atoms with Crippen LogP contribution in [0.15, 0.2) is 36.4 Å². The first-order chi connectivity index (χ1) is 8.47. The fraction of sp³-hybridized carbons (Fsp3) is 0.286. The van der Waals surface area contributed by atoms with Crippen LogP contribution in [0.3, 0.4) is 0 Å². The molecular formula is C14H15F3O. The van der Waals surface area contributed by atoms with E-state index in [2.05, 4.69) is 4.74 Å². The van der Waals surface area contributed by atoms with Crippen molar-refractivity contribution in [1.29, 1.82) is 0 Å². The average Bonchev–Trinajstić information content (AvgIpc) is 2.30. The predicted molar refractivity (Wildman–Crippen MR) is 66.7 cm³/mol. The first-order valence-corrected chi connectivity index (χ1v) is 5.71. The highest BCUT2D eigenvalue weighted by molar-refractivity contribution is 5.91. The summed E-state index contributed by atoms with van der Waals surface area (Å²) in [5, 5.41) is 1.24. The highest BCUT2D eigenvalue weighted by atomic mass is 19.4. The lowest BCUT2D eigenvalue weighted by Gasteiger charge is -2.12. The molecule has 0 aliphatic rings. The summed E-state index contributed by atoms with van der Waals surface area (Å²) in [6, 6.07) is 9.93. The number of alkyl halides is 3. The van der Waals surface area contributed by atoms with Gasteiger partial charge in [0.25, 0.3) is 0 Å². The molecule has 2 rings (SSSR count). The van der Waals surface area contributed by atoms with Crippen molar-refractivity contribution < 1.29 is 17.9 Å². The second-order valence-electron chi connectivity index (χ2n) is 3.48. The van der Waals surface area contributed by atoms with E-state index in [1.807, 2.05) is 13.8 Å². The molecule has 0 spiro atoms. The van der Waals surface area contributed by atoms with Crippen molar-refractivity contribution in [2.24, 2.45) is 0 Å². The summed E-state index contributed by atoms with van der Waals surface area (Å²) >= 11 is 0. The Balaban J connectivity index is 0.000000771. The van der Waals surface area contributed by atoms with Gasteiger partial charge in [-0.2, -0.15) is 0 Å². The number of rotatable bonds is 1. The first-order valence-electron chi connectivity index (χ1n) is 5.71. The maximum absolute atomic E-state index is 12.2. The summed E-state index contributed by atoms with van der Waals surface area (Å²) in [5.74, 6) is -0.150. The molecule has 0 aliphatic heterocycles. The minimum absolute atomic E-state index is 0.150. The van der Waals surface area contributed by atoms with E-state index in [0.717, 1.165) is 10.9 Å². The van der Waals surface area contributed by atoms with E-state index in [1.165, 1.54) is 6.07 Å². The number of ether oxygens (including phenoxy) is 1. The Kier molecular flexibility index (Phi) is 4.59. The molecule has 1 nitrogen and oxygen atoms in total. The van der Waals surface area contributed by atoms with Crippen LogP contribution >= 0.6 is 0 Å². The molecule has 0 amide bonds. The van der Waals surface area contributed by atoms with E-state index in [0.29, 0.717) is 5.39 Å². The van der Waals surface area contributed by atoms with Gasteiger partial charge in [0, 0.05) is 5.39 Å². The Morgan fingerprint density at radius 1 is 0.944 bits per heavy atom. The average molecular weight is 256 g/mol. The Labute approximate surface area is 104 Å². The zero-order chi connectivity index (χ0) is 13.8. The number of benzene rings is 2. The van der Waals surface area contributed by atoms with Crippen LogP contribution in [0.2, 0.25) is 0 Å². The zero-order valence-electron chi connectivity index (χ0n) is 10.5. The molecule has 0 fully saturated rings. The van der Waals surface area contributed by atoms with Gasteiger partial charge in [-0.05, 0) is 23.9 Å². The maximum atomic E-state index is 12.2. The largest absolute Gasteiger partial charge is 0.573 e. The van der Waals surface area contributed by atoms with Crippen molar-refractivity contribution in [3.63, 3.8) is 0 Å². The SMILES string of the molecule is CC.Cc1cccc2cccc(OC(F)(F)F)c12. The van der Waals surface area contributed by atoms with Crippen LogP contribution in [0, 0.1) is 6.92 Å². The molecular weight excluding hydrogens is 241 g/mol. The van der Waals surface area contributed by atoms with Gasteiger partial charge in [-0.25, -0.2) is 0 Å². The van der Waals surface area contributed by atoms with Crippen LogP contribution < -0.4 is 4.74 Å². The number of hydrogen-bond acceptors (Lipinski definition) is 1. The third kappa shape index (κ3) is 3.39. The van der Waals surface area contributed by atoms with Crippen LogP contribution in [-0.2, 0) is 0 Å². The molecule has 98 valence electrons. The van der Waals surface area contributed by atoms with Crippen LogP contribution in [-0.4, -0.2) is 6.36 Å². The molecule has 0 radical (unpaired) electrons. The molecule has 2 aromatic carbocycles. The lowest BCUT2D eigenvalue weighted by molar-refractivity contribution is -0.274. The summed E-state index contributed by atoms with van der Waals surface area (Å²) in [6.45, 7) is 5.76. The maximum Gasteiger partial charge on any atom is 0.573 e. The highest BCUT2D eigenvalue weighted by Crippen LogP contribution is 2.32. The molecule has 0 saturated heterocycles. The molecule has 2 aromatic rings. The summed E-state index contributed by atoms with van der Waals surface area (Å²) in [5.41, 5.74) is 0.761. The highest BCUT2D eigenvalue weighted by Gasteiger charge is 2.31. The number of aryl methyl sites for hydroxylation is 1. The van der Waals surface area contributed by atoms with E-state index in [9.17, 15) is 13.2 Å². The van der Waals surface area contributed by atoms with Crippen molar-refractivity contribution in [3.05, 3.63) is 42.0 Å². The lowest BCUT2D eigenvalue weighted by atomic mass is 10.0. The molecule has 4 heteroatoms. The second-order valence-corrected chi connectivity index (χ2v) is 3.48. The van der Waals surface area contributed by atoms with Gasteiger partial charge in [-0.3, -0.25) is 0 Å². The molecule has 18 heavy (non-hydrogen) atoms. The van der Waals surface area contributed by atoms with Gasteiger partial charge in [-0.1, -0.05) is 44.2 Å². The molecule has 0 N–H and O–H groups in total.